The van der Waals surface area contributed by atoms with Crippen LogP contribution in [0.3, 0.4) is 0 Å². The van der Waals surface area contributed by atoms with Crippen molar-refractivity contribution < 1.29 is 19.1 Å². The lowest BCUT2D eigenvalue weighted by Crippen LogP contribution is -2.39. The first-order chi connectivity index (χ1) is 12.5. The number of rotatable bonds is 6. The molecule has 7 nitrogen and oxygen atoms in total. The second-order valence-electron chi connectivity index (χ2n) is 5.42. The van der Waals surface area contributed by atoms with Crippen LogP contribution in [0.2, 0.25) is 0 Å². The van der Waals surface area contributed by atoms with Crippen LogP contribution in [0.25, 0.3) is 0 Å². The minimum absolute atomic E-state index is 0.288. The van der Waals surface area contributed by atoms with Crippen molar-refractivity contribution in [1.82, 2.24) is 10.7 Å². The summed E-state index contributed by atoms with van der Waals surface area (Å²) in [6.45, 7) is 1.80. The lowest BCUT2D eigenvalue weighted by Gasteiger charge is -2.13. The van der Waals surface area contributed by atoms with Crippen molar-refractivity contribution in [3.8, 4) is 11.5 Å². The van der Waals surface area contributed by atoms with Crippen molar-refractivity contribution in [2.75, 3.05) is 14.2 Å². The Bertz CT molecular complexity index is 791. The summed E-state index contributed by atoms with van der Waals surface area (Å²) < 4.78 is 10.3. The van der Waals surface area contributed by atoms with Gasteiger partial charge in [-0.2, -0.15) is 5.10 Å². The molecule has 1 unspecified atom stereocenters. The highest BCUT2D eigenvalue weighted by molar-refractivity contribution is 6.35. The summed E-state index contributed by atoms with van der Waals surface area (Å²) >= 11 is 0. The monoisotopic (exact) mass is 355 g/mol. The third-order valence-electron chi connectivity index (χ3n) is 3.64. The summed E-state index contributed by atoms with van der Waals surface area (Å²) in [6.07, 6.45) is 1.41. The van der Waals surface area contributed by atoms with Gasteiger partial charge in [0.25, 0.3) is 0 Å². The molecule has 136 valence electrons. The van der Waals surface area contributed by atoms with Crippen molar-refractivity contribution in [3.63, 3.8) is 0 Å². The van der Waals surface area contributed by atoms with Gasteiger partial charge in [-0.05, 0) is 36.2 Å². The zero-order valence-electron chi connectivity index (χ0n) is 14.9. The highest BCUT2D eigenvalue weighted by Gasteiger charge is 2.16. The van der Waals surface area contributed by atoms with Crippen molar-refractivity contribution in [2.24, 2.45) is 5.10 Å². The SMILES string of the molecule is COc1ccc(/C=N/NC(=O)C(=O)NC(C)c2ccccc2)cc1OC. The number of carbonyl (C=O) groups excluding carboxylic acids is 2. The van der Waals surface area contributed by atoms with Crippen LogP contribution in [0.4, 0.5) is 0 Å². The van der Waals surface area contributed by atoms with Gasteiger partial charge in [-0.15, -0.1) is 0 Å². The average molecular weight is 355 g/mol. The Morgan fingerprint density at radius 3 is 2.35 bits per heavy atom. The van der Waals surface area contributed by atoms with Crippen LogP contribution >= 0.6 is 0 Å². The number of nitrogens with one attached hydrogen (secondary N) is 2. The molecule has 0 aromatic heterocycles. The van der Waals surface area contributed by atoms with Crippen LogP contribution in [-0.4, -0.2) is 32.2 Å². The summed E-state index contributed by atoms with van der Waals surface area (Å²) in [7, 11) is 3.07. The number of hydrazone groups is 1. The van der Waals surface area contributed by atoms with E-state index in [9.17, 15) is 9.59 Å². The Hall–Kier alpha value is -3.35. The van der Waals surface area contributed by atoms with Crippen molar-refractivity contribution in [1.29, 1.82) is 0 Å². The summed E-state index contributed by atoms with van der Waals surface area (Å²) in [6, 6.07) is 14.2. The van der Waals surface area contributed by atoms with Gasteiger partial charge in [0.15, 0.2) is 11.5 Å². The predicted molar refractivity (Wildman–Crippen MR) is 98.3 cm³/mol. The van der Waals surface area contributed by atoms with E-state index < -0.39 is 11.8 Å². The van der Waals surface area contributed by atoms with E-state index in [1.54, 1.807) is 32.2 Å². The number of carbonyl (C=O) groups is 2. The van der Waals surface area contributed by atoms with Crippen LogP contribution in [0, 0.1) is 0 Å². The highest BCUT2D eigenvalue weighted by atomic mass is 16.5. The van der Waals surface area contributed by atoms with Gasteiger partial charge in [0, 0.05) is 0 Å². The third-order valence-corrected chi connectivity index (χ3v) is 3.64. The van der Waals surface area contributed by atoms with Crippen LogP contribution in [0.5, 0.6) is 11.5 Å². The van der Waals surface area contributed by atoms with E-state index in [2.05, 4.69) is 15.8 Å². The molecule has 0 heterocycles. The molecule has 2 rings (SSSR count). The van der Waals surface area contributed by atoms with Crippen molar-refractivity contribution >= 4 is 18.0 Å². The fourth-order valence-corrected chi connectivity index (χ4v) is 2.24. The molecule has 0 saturated heterocycles. The first kappa shape index (κ1) is 19.0. The molecule has 0 aliphatic heterocycles. The normalized spacial score (nSPS) is 11.7. The first-order valence-electron chi connectivity index (χ1n) is 7.96. The molecule has 7 heteroatoms. The molecule has 0 saturated carbocycles. The molecule has 0 aliphatic carbocycles. The molecule has 0 aliphatic rings. The fourth-order valence-electron chi connectivity index (χ4n) is 2.24. The van der Waals surface area contributed by atoms with Gasteiger partial charge in [-0.1, -0.05) is 30.3 Å². The van der Waals surface area contributed by atoms with Gasteiger partial charge >= 0.3 is 11.8 Å². The van der Waals surface area contributed by atoms with E-state index in [4.69, 9.17) is 9.47 Å². The van der Waals surface area contributed by atoms with Gasteiger partial charge in [0.2, 0.25) is 0 Å². The lowest BCUT2D eigenvalue weighted by atomic mass is 10.1. The fraction of sp³-hybridized carbons (Fsp3) is 0.211. The number of hydrogen-bond donors (Lipinski definition) is 2. The molecule has 1 atom stereocenters. The summed E-state index contributed by atoms with van der Waals surface area (Å²) in [5.41, 5.74) is 3.79. The third kappa shape index (κ3) is 5.07. The molecule has 0 fully saturated rings. The van der Waals surface area contributed by atoms with E-state index in [0.29, 0.717) is 17.1 Å². The average Bonchev–Trinajstić information content (AvgIpc) is 2.68. The molecule has 0 spiro atoms. The van der Waals surface area contributed by atoms with Crippen molar-refractivity contribution in [2.45, 2.75) is 13.0 Å². The molecular formula is C19H21N3O4. The molecule has 0 radical (unpaired) electrons. The van der Waals surface area contributed by atoms with E-state index in [-0.39, 0.29) is 6.04 Å². The van der Waals surface area contributed by atoms with E-state index >= 15 is 0 Å². The predicted octanol–water partition coefficient (Wildman–Crippen LogP) is 2.03. The standard InChI is InChI=1S/C19H21N3O4/c1-13(15-7-5-4-6-8-15)21-18(23)19(24)22-20-12-14-9-10-16(25-2)17(11-14)26-3/h4-13H,1-3H3,(H,21,23)(H,22,24)/b20-12+. The quantitative estimate of drug-likeness (QED) is 0.471. The minimum atomic E-state index is -0.843. The molecule has 26 heavy (non-hydrogen) atoms. The lowest BCUT2D eigenvalue weighted by molar-refractivity contribution is -0.139. The van der Waals surface area contributed by atoms with Gasteiger partial charge in [0.05, 0.1) is 26.5 Å². The number of ether oxygens (including phenoxy) is 2. The van der Waals surface area contributed by atoms with E-state index in [1.165, 1.54) is 13.3 Å². The van der Waals surface area contributed by atoms with Crippen LogP contribution in [-0.2, 0) is 9.59 Å². The zero-order chi connectivity index (χ0) is 18.9. The molecule has 2 aromatic rings. The molecule has 0 bridgehead atoms. The largest absolute Gasteiger partial charge is 0.493 e. The van der Waals surface area contributed by atoms with E-state index in [0.717, 1.165) is 5.56 Å². The first-order valence-corrected chi connectivity index (χ1v) is 7.96. The Morgan fingerprint density at radius 1 is 1.00 bits per heavy atom. The van der Waals surface area contributed by atoms with Crippen LogP contribution < -0.4 is 20.2 Å². The number of hydrogen-bond acceptors (Lipinski definition) is 5. The second-order valence-corrected chi connectivity index (χ2v) is 5.42. The molecular weight excluding hydrogens is 334 g/mol. The van der Waals surface area contributed by atoms with Gasteiger partial charge in [-0.3, -0.25) is 9.59 Å². The molecule has 2 N–H and O–H groups in total. The maximum atomic E-state index is 11.9. The number of benzene rings is 2. The Kier molecular flexibility index (Phi) is 6.73. The Morgan fingerprint density at radius 2 is 1.69 bits per heavy atom. The van der Waals surface area contributed by atoms with Gasteiger partial charge in [0.1, 0.15) is 0 Å². The molecule has 2 aromatic carbocycles. The topological polar surface area (TPSA) is 89.0 Å². The number of methoxy groups -OCH3 is 2. The highest BCUT2D eigenvalue weighted by Crippen LogP contribution is 2.26. The van der Waals surface area contributed by atoms with Crippen molar-refractivity contribution in [3.05, 3.63) is 59.7 Å². The van der Waals surface area contributed by atoms with Crippen LogP contribution in [0.15, 0.2) is 53.6 Å². The van der Waals surface area contributed by atoms with Gasteiger partial charge < -0.3 is 14.8 Å². The smallest absolute Gasteiger partial charge is 0.329 e. The molecule has 2 amide bonds. The number of nitrogens with zero attached hydrogens (tertiary/aromatic N) is 1. The number of amides is 2. The second kappa shape index (κ2) is 9.22. The Balaban J connectivity index is 1.91. The maximum Gasteiger partial charge on any atom is 0.329 e. The zero-order valence-corrected chi connectivity index (χ0v) is 14.9. The van der Waals surface area contributed by atoms with Crippen LogP contribution in [0.1, 0.15) is 24.1 Å². The van der Waals surface area contributed by atoms with Gasteiger partial charge in [-0.25, -0.2) is 5.43 Å². The maximum absolute atomic E-state index is 11.9. The summed E-state index contributed by atoms with van der Waals surface area (Å²) in [5.74, 6) is -0.476. The van der Waals surface area contributed by atoms with E-state index in [1.807, 2.05) is 30.3 Å². The summed E-state index contributed by atoms with van der Waals surface area (Å²) in [4.78, 5) is 23.8. The Labute approximate surface area is 152 Å². The minimum Gasteiger partial charge on any atom is -0.493 e. The summed E-state index contributed by atoms with van der Waals surface area (Å²) in [5, 5.41) is 6.41.